The van der Waals surface area contributed by atoms with Gasteiger partial charge in [-0.25, -0.2) is 0 Å². The van der Waals surface area contributed by atoms with Gasteiger partial charge in [0.15, 0.2) is 0 Å². The summed E-state index contributed by atoms with van der Waals surface area (Å²) in [5.74, 6) is 6.19. The number of fused-ring (bicyclic) bond motifs is 1. The Bertz CT molecular complexity index is 540. The highest BCUT2D eigenvalue weighted by molar-refractivity contribution is 9.09. The highest BCUT2D eigenvalue weighted by Gasteiger charge is 2.32. The molecule has 0 radical (unpaired) electrons. The lowest BCUT2D eigenvalue weighted by Crippen LogP contribution is -2.41. The summed E-state index contributed by atoms with van der Waals surface area (Å²) in [5.41, 5.74) is 2.23. The molecule has 0 saturated carbocycles. The molecule has 20 heavy (non-hydrogen) atoms. The molecular formula is C14H16Br2Cl2N2. The Morgan fingerprint density at radius 2 is 1.70 bits per heavy atom. The van der Waals surface area contributed by atoms with Crippen LogP contribution in [-0.2, 0) is 0 Å². The van der Waals surface area contributed by atoms with Gasteiger partial charge in [-0.05, 0) is 26.0 Å². The molecular weight excluding hydrogens is 427 g/mol. The molecule has 0 aromatic heterocycles. The van der Waals surface area contributed by atoms with Gasteiger partial charge in [0.1, 0.15) is 0 Å². The molecule has 0 amide bonds. The van der Waals surface area contributed by atoms with Crippen molar-refractivity contribution in [3.63, 3.8) is 0 Å². The van der Waals surface area contributed by atoms with Crippen molar-refractivity contribution >= 4 is 67.5 Å². The van der Waals surface area contributed by atoms with Gasteiger partial charge in [-0.2, -0.15) is 0 Å². The molecule has 1 unspecified atom stereocenters. The first-order chi connectivity index (χ1) is 9.10. The van der Waals surface area contributed by atoms with E-state index in [1.54, 1.807) is 0 Å². The van der Waals surface area contributed by atoms with Crippen LogP contribution in [0.1, 0.15) is 13.8 Å². The second-order valence-electron chi connectivity index (χ2n) is 4.29. The predicted octanol–water partition coefficient (Wildman–Crippen LogP) is 4.96. The first-order valence-electron chi connectivity index (χ1n) is 6.14. The van der Waals surface area contributed by atoms with Crippen LogP contribution in [0, 0.1) is 11.8 Å². The minimum Gasteiger partial charge on any atom is -0.350 e. The molecule has 0 spiro atoms. The third kappa shape index (κ3) is 3.39. The largest absolute Gasteiger partial charge is 0.350 e. The Labute approximate surface area is 149 Å². The summed E-state index contributed by atoms with van der Waals surface area (Å²) < 4.78 is 0. The minimum absolute atomic E-state index is 0. The zero-order chi connectivity index (χ0) is 14.0. The zero-order valence-electron chi connectivity index (χ0n) is 11.3. The molecule has 1 aromatic carbocycles. The second kappa shape index (κ2) is 7.79. The van der Waals surface area contributed by atoms with E-state index in [1.807, 2.05) is 12.1 Å². The van der Waals surface area contributed by atoms with E-state index >= 15 is 0 Å². The molecule has 0 N–H and O–H groups in total. The Kier molecular flexibility index (Phi) is 7.00. The fourth-order valence-electron chi connectivity index (χ4n) is 2.40. The summed E-state index contributed by atoms with van der Waals surface area (Å²) in [6.45, 7) is 5.92. The van der Waals surface area contributed by atoms with Crippen molar-refractivity contribution in [1.29, 1.82) is 0 Å². The Hall–Kier alpha value is -0.0800. The number of hydrogen-bond donors (Lipinski definition) is 0. The normalized spacial score (nSPS) is 16.4. The molecule has 110 valence electrons. The topological polar surface area (TPSA) is 6.48 Å². The summed E-state index contributed by atoms with van der Waals surface area (Å²) in [6, 6.07) is 3.87. The van der Waals surface area contributed by atoms with Crippen molar-refractivity contribution in [2.75, 3.05) is 28.2 Å². The minimum atomic E-state index is 0. The highest BCUT2D eigenvalue weighted by Crippen LogP contribution is 2.43. The lowest BCUT2D eigenvalue weighted by Gasteiger charge is -2.27. The molecule has 1 atom stereocenters. The van der Waals surface area contributed by atoms with Crippen molar-refractivity contribution in [1.82, 2.24) is 0 Å². The maximum atomic E-state index is 6.14. The number of anilines is 2. The van der Waals surface area contributed by atoms with Gasteiger partial charge >= 0.3 is 0 Å². The van der Waals surface area contributed by atoms with E-state index in [1.165, 1.54) is 0 Å². The first kappa shape index (κ1) is 18.0. The van der Waals surface area contributed by atoms with E-state index in [0.29, 0.717) is 21.9 Å². The van der Waals surface area contributed by atoms with Gasteiger partial charge in [-0.1, -0.05) is 51.0 Å². The molecule has 0 fully saturated rings. The quantitative estimate of drug-likeness (QED) is 0.471. The maximum Gasteiger partial charge on any atom is 0.0997 e. The standard InChI is InChI=1S/C14H15BrCl2N2.BrH/c1-3-18-10(2)19(7-5-4-6-15)14-9-12(17)11(16)8-13(14)18;/h8-10H,3,6-7H2,1-2H3;1H. The third-order valence-corrected chi connectivity index (χ3v) is 4.32. The van der Waals surface area contributed by atoms with Crippen molar-refractivity contribution in [3.8, 4) is 11.8 Å². The van der Waals surface area contributed by atoms with E-state index in [4.69, 9.17) is 23.2 Å². The highest BCUT2D eigenvalue weighted by atomic mass is 79.9. The number of halogens is 4. The van der Waals surface area contributed by atoms with E-state index < -0.39 is 0 Å². The lowest BCUT2D eigenvalue weighted by molar-refractivity contribution is 0.658. The van der Waals surface area contributed by atoms with Gasteiger partial charge in [0, 0.05) is 6.54 Å². The zero-order valence-corrected chi connectivity index (χ0v) is 16.1. The summed E-state index contributed by atoms with van der Waals surface area (Å²) >= 11 is 15.6. The van der Waals surface area contributed by atoms with Crippen LogP contribution in [0.2, 0.25) is 10.0 Å². The summed E-state index contributed by atoms with van der Waals surface area (Å²) in [4.78, 5) is 4.55. The van der Waals surface area contributed by atoms with Crippen LogP contribution in [0.3, 0.4) is 0 Å². The Morgan fingerprint density at radius 1 is 1.15 bits per heavy atom. The molecule has 2 rings (SSSR count). The smallest absolute Gasteiger partial charge is 0.0997 e. The van der Waals surface area contributed by atoms with Crippen LogP contribution in [0.25, 0.3) is 0 Å². The molecule has 6 heteroatoms. The second-order valence-corrected chi connectivity index (χ2v) is 5.66. The van der Waals surface area contributed by atoms with Crippen molar-refractivity contribution in [3.05, 3.63) is 22.2 Å². The van der Waals surface area contributed by atoms with Crippen LogP contribution in [-0.4, -0.2) is 24.6 Å². The van der Waals surface area contributed by atoms with Crippen LogP contribution < -0.4 is 9.80 Å². The van der Waals surface area contributed by atoms with Gasteiger partial charge in [-0.3, -0.25) is 0 Å². The predicted molar refractivity (Wildman–Crippen MR) is 98.2 cm³/mol. The van der Waals surface area contributed by atoms with Gasteiger partial charge in [0.25, 0.3) is 0 Å². The number of hydrogen-bond acceptors (Lipinski definition) is 2. The lowest BCUT2D eigenvalue weighted by atomic mass is 10.2. The van der Waals surface area contributed by atoms with Crippen molar-refractivity contribution in [2.45, 2.75) is 20.0 Å². The first-order valence-corrected chi connectivity index (χ1v) is 8.01. The molecule has 0 saturated heterocycles. The number of benzene rings is 1. The number of rotatable bonds is 2. The Balaban J connectivity index is 0.00000200. The SMILES string of the molecule is Br.CCN1c2cc(Cl)c(Cl)cc2N(CC#CCBr)C1C. The van der Waals surface area contributed by atoms with Gasteiger partial charge in [0.2, 0.25) is 0 Å². The average Bonchev–Trinajstić information content (AvgIpc) is 2.63. The summed E-state index contributed by atoms with van der Waals surface area (Å²) in [6.07, 6.45) is 0.263. The number of nitrogens with zero attached hydrogens (tertiary/aromatic N) is 2. The van der Waals surface area contributed by atoms with Crippen LogP contribution >= 0.6 is 56.1 Å². The number of alkyl halides is 1. The molecule has 1 heterocycles. The van der Waals surface area contributed by atoms with Crippen LogP contribution in [0.15, 0.2) is 12.1 Å². The average molecular weight is 443 g/mol. The van der Waals surface area contributed by atoms with Gasteiger partial charge < -0.3 is 9.80 Å². The molecule has 1 aliphatic heterocycles. The third-order valence-electron chi connectivity index (χ3n) is 3.32. The fraction of sp³-hybridized carbons (Fsp3) is 0.429. The molecule has 0 bridgehead atoms. The molecule has 2 nitrogen and oxygen atoms in total. The van der Waals surface area contributed by atoms with Crippen molar-refractivity contribution in [2.24, 2.45) is 0 Å². The molecule has 0 aliphatic carbocycles. The maximum absolute atomic E-state index is 6.14. The molecule has 1 aromatic rings. The van der Waals surface area contributed by atoms with Crippen LogP contribution in [0.5, 0.6) is 0 Å². The van der Waals surface area contributed by atoms with Gasteiger partial charge in [-0.15, -0.1) is 17.0 Å². The van der Waals surface area contributed by atoms with E-state index in [2.05, 4.69) is 51.4 Å². The summed E-state index contributed by atoms with van der Waals surface area (Å²) in [5, 5.41) is 1.88. The van der Waals surface area contributed by atoms with Gasteiger partial charge in [0.05, 0.1) is 39.5 Å². The Morgan fingerprint density at radius 3 is 2.20 bits per heavy atom. The monoisotopic (exact) mass is 440 g/mol. The van der Waals surface area contributed by atoms with E-state index in [-0.39, 0.29) is 23.1 Å². The summed E-state index contributed by atoms with van der Waals surface area (Å²) in [7, 11) is 0. The van der Waals surface area contributed by atoms with E-state index in [9.17, 15) is 0 Å². The van der Waals surface area contributed by atoms with E-state index in [0.717, 1.165) is 17.9 Å². The van der Waals surface area contributed by atoms with Crippen molar-refractivity contribution < 1.29 is 0 Å². The molecule has 1 aliphatic rings. The fourth-order valence-corrected chi connectivity index (χ4v) is 2.91. The van der Waals surface area contributed by atoms with Crippen LogP contribution in [0.4, 0.5) is 11.4 Å².